The standard InChI is InChI=1S/C20H28N4O5/c1-13(2)12-29-19(27)10-17-20(28)21-7-8-24(17)11-18(26)23-16-6-4-5-15(9-16)22-14(3)25/h4-6,9,13,17H,7-8,10-12H2,1-3H3,(H,21,28)(H,22,25)(H,23,26). The van der Waals surface area contributed by atoms with E-state index in [0.717, 1.165) is 0 Å². The number of ether oxygens (including phenoxy) is 1. The normalized spacial score (nSPS) is 16.8. The fraction of sp³-hybridized carbons (Fsp3) is 0.500. The van der Waals surface area contributed by atoms with Crippen LogP contribution in [0.25, 0.3) is 0 Å². The Morgan fingerprint density at radius 2 is 1.93 bits per heavy atom. The number of carbonyl (C=O) groups is 4. The molecule has 1 atom stereocenters. The fourth-order valence-electron chi connectivity index (χ4n) is 2.91. The van der Waals surface area contributed by atoms with Crippen LogP contribution in [0.15, 0.2) is 24.3 Å². The van der Waals surface area contributed by atoms with E-state index in [1.807, 2.05) is 13.8 Å². The first kappa shape index (κ1) is 22.4. The number of amides is 3. The number of esters is 1. The lowest BCUT2D eigenvalue weighted by Crippen LogP contribution is -2.57. The Morgan fingerprint density at radius 1 is 1.24 bits per heavy atom. The highest BCUT2D eigenvalue weighted by atomic mass is 16.5. The summed E-state index contributed by atoms with van der Waals surface area (Å²) in [5, 5.41) is 8.12. The third kappa shape index (κ3) is 7.53. The van der Waals surface area contributed by atoms with E-state index >= 15 is 0 Å². The molecule has 158 valence electrons. The van der Waals surface area contributed by atoms with Gasteiger partial charge < -0.3 is 20.7 Å². The minimum absolute atomic E-state index is 0.0418. The summed E-state index contributed by atoms with van der Waals surface area (Å²) in [6.45, 7) is 6.36. The Morgan fingerprint density at radius 3 is 2.59 bits per heavy atom. The van der Waals surface area contributed by atoms with E-state index in [1.165, 1.54) is 6.92 Å². The lowest BCUT2D eigenvalue weighted by Gasteiger charge is -2.33. The van der Waals surface area contributed by atoms with Gasteiger partial charge in [0.15, 0.2) is 0 Å². The van der Waals surface area contributed by atoms with Crippen LogP contribution in [0.5, 0.6) is 0 Å². The van der Waals surface area contributed by atoms with Gasteiger partial charge in [-0.3, -0.25) is 24.1 Å². The Hall–Kier alpha value is -2.94. The second-order valence-electron chi connectivity index (χ2n) is 7.37. The van der Waals surface area contributed by atoms with E-state index in [9.17, 15) is 19.2 Å². The molecule has 1 aliphatic rings. The quantitative estimate of drug-likeness (QED) is 0.556. The van der Waals surface area contributed by atoms with Crippen LogP contribution in [-0.2, 0) is 23.9 Å². The molecule has 3 N–H and O–H groups in total. The topological polar surface area (TPSA) is 117 Å². The minimum Gasteiger partial charge on any atom is -0.465 e. The van der Waals surface area contributed by atoms with Crippen LogP contribution in [0.1, 0.15) is 27.2 Å². The third-order valence-electron chi connectivity index (χ3n) is 4.19. The van der Waals surface area contributed by atoms with E-state index in [2.05, 4.69) is 16.0 Å². The van der Waals surface area contributed by atoms with Gasteiger partial charge in [-0.1, -0.05) is 19.9 Å². The van der Waals surface area contributed by atoms with Crippen LogP contribution in [0, 0.1) is 5.92 Å². The van der Waals surface area contributed by atoms with Crippen molar-refractivity contribution in [3.05, 3.63) is 24.3 Å². The minimum atomic E-state index is -0.750. The highest BCUT2D eigenvalue weighted by molar-refractivity contribution is 5.95. The van der Waals surface area contributed by atoms with Gasteiger partial charge in [0.05, 0.1) is 19.6 Å². The molecule has 0 saturated carbocycles. The average Bonchev–Trinajstić information content (AvgIpc) is 2.62. The molecule has 1 fully saturated rings. The molecule has 1 saturated heterocycles. The molecule has 3 amide bonds. The molecule has 0 spiro atoms. The van der Waals surface area contributed by atoms with Crippen molar-refractivity contribution in [3.8, 4) is 0 Å². The van der Waals surface area contributed by atoms with Crippen molar-refractivity contribution in [2.45, 2.75) is 33.2 Å². The lowest BCUT2D eigenvalue weighted by atomic mass is 10.1. The van der Waals surface area contributed by atoms with Gasteiger partial charge in [0, 0.05) is 31.4 Å². The number of piperazine rings is 1. The maximum absolute atomic E-state index is 12.5. The Kier molecular flexibility index (Phi) is 8.14. The predicted molar refractivity (Wildman–Crippen MR) is 108 cm³/mol. The lowest BCUT2D eigenvalue weighted by molar-refractivity contribution is -0.149. The summed E-state index contributed by atoms with van der Waals surface area (Å²) in [4.78, 5) is 49.6. The number of nitrogens with zero attached hydrogens (tertiary/aromatic N) is 1. The second-order valence-corrected chi connectivity index (χ2v) is 7.37. The molecule has 1 heterocycles. The number of hydrogen-bond acceptors (Lipinski definition) is 6. The predicted octanol–water partition coefficient (Wildman–Crippen LogP) is 0.973. The van der Waals surface area contributed by atoms with Crippen LogP contribution >= 0.6 is 0 Å². The largest absolute Gasteiger partial charge is 0.465 e. The Labute approximate surface area is 170 Å². The maximum atomic E-state index is 12.5. The molecule has 0 bridgehead atoms. The summed E-state index contributed by atoms with van der Waals surface area (Å²) < 4.78 is 5.17. The monoisotopic (exact) mass is 404 g/mol. The molecule has 29 heavy (non-hydrogen) atoms. The second kappa shape index (κ2) is 10.6. The summed E-state index contributed by atoms with van der Waals surface area (Å²) in [7, 11) is 0. The molecule has 1 aromatic carbocycles. The molecule has 1 unspecified atom stereocenters. The van der Waals surface area contributed by atoms with E-state index in [4.69, 9.17) is 4.74 Å². The average molecular weight is 404 g/mol. The van der Waals surface area contributed by atoms with Crippen LogP contribution in [-0.4, -0.2) is 60.9 Å². The zero-order valence-corrected chi connectivity index (χ0v) is 17.0. The molecule has 9 heteroatoms. The van der Waals surface area contributed by atoms with Gasteiger partial charge >= 0.3 is 5.97 Å². The van der Waals surface area contributed by atoms with Crippen molar-refractivity contribution in [1.82, 2.24) is 10.2 Å². The smallest absolute Gasteiger partial charge is 0.307 e. The summed E-state index contributed by atoms with van der Waals surface area (Å²) in [5.41, 5.74) is 1.09. The third-order valence-corrected chi connectivity index (χ3v) is 4.19. The van der Waals surface area contributed by atoms with E-state index in [1.54, 1.807) is 29.2 Å². The van der Waals surface area contributed by atoms with Crippen molar-refractivity contribution < 1.29 is 23.9 Å². The number of benzene rings is 1. The molecule has 9 nitrogen and oxygen atoms in total. The molecule has 0 aromatic heterocycles. The number of anilines is 2. The highest BCUT2D eigenvalue weighted by Crippen LogP contribution is 2.16. The first-order valence-electron chi connectivity index (χ1n) is 9.59. The molecule has 0 aliphatic carbocycles. The van der Waals surface area contributed by atoms with Crippen LogP contribution in [0.2, 0.25) is 0 Å². The van der Waals surface area contributed by atoms with E-state index in [-0.39, 0.29) is 43.2 Å². The van der Waals surface area contributed by atoms with Crippen LogP contribution in [0.4, 0.5) is 11.4 Å². The summed E-state index contributed by atoms with van der Waals surface area (Å²) in [5.74, 6) is -1.08. The van der Waals surface area contributed by atoms with Crippen molar-refractivity contribution in [2.24, 2.45) is 5.92 Å². The van der Waals surface area contributed by atoms with Gasteiger partial charge in [0.1, 0.15) is 6.04 Å². The first-order chi connectivity index (χ1) is 13.7. The summed E-state index contributed by atoms with van der Waals surface area (Å²) in [6.07, 6.45) is -0.107. The van der Waals surface area contributed by atoms with Gasteiger partial charge in [-0.2, -0.15) is 0 Å². The maximum Gasteiger partial charge on any atom is 0.307 e. The van der Waals surface area contributed by atoms with Crippen molar-refractivity contribution in [3.63, 3.8) is 0 Å². The summed E-state index contributed by atoms with van der Waals surface area (Å²) in [6, 6.07) is 6.02. The van der Waals surface area contributed by atoms with Crippen molar-refractivity contribution >= 4 is 35.1 Å². The number of hydrogen-bond donors (Lipinski definition) is 3. The van der Waals surface area contributed by atoms with Gasteiger partial charge in [0.2, 0.25) is 17.7 Å². The molecule has 1 aliphatic heterocycles. The number of carbonyl (C=O) groups excluding carboxylic acids is 4. The van der Waals surface area contributed by atoms with E-state index < -0.39 is 12.0 Å². The van der Waals surface area contributed by atoms with Crippen LogP contribution < -0.4 is 16.0 Å². The van der Waals surface area contributed by atoms with E-state index in [0.29, 0.717) is 24.5 Å². The van der Waals surface area contributed by atoms with Crippen molar-refractivity contribution in [2.75, 3.05) is 36.9 Å². The number of rotatable bonds is 8. The summed E-state index contributed by atoms with van der Waals surface area (Å²) >= 11 is 0. The molecule has 0 radical (unpaired) electrons. The zero-order chi connectivity index (χ0) is 21.4. The van der Waals surface area contributed by atoms with Gasteiger partial charge in [-0.15, -0.1) is 0 Å². The van der Waals surface area contributed by atoms with Crippen LogP contribution in [0.3, 0.4) is 0 Å². The molecule has 1 aromatic rings. The SMILES string of the molecule is CC(=O)Nc1cccc(NC(=O)CN2CCNC(=O)C2CC(=O)OCC(C)C)c1. The van der Waals surface area contributed by atoms with Crippen molar-refractivity contribution in [1.29, 1.82) is 0 Å². The Bertz CT molecular complexity index is 765. The number of nitrogens with one attached hydrogen (secondary N) is 3. The van der Waals surface area contributed by atoms with Gasteiger partial charge in [-0.05, 0) is 24.1 Å². The molecule has 2 rings (SSSR count). The van der Waals surface area contributed by atoms with Gasteiger partial charge in [-0.25, -0.2) is 0 Å². The fourth-order valence-corrected chi connectivity index (χ4v) is 2.91. The zero-order valence-electron chi connectivity index (χ0n) is 17.0. The highest BCUT2D eigenvalue weighted by Gasteiger charge is 2.33. The van der Waals surface area contributed by atoms with Gasteiger partial charge in [0.25, 0.3) is 0 Å². The molecular formula is C20H28N4O5. The Balaban J connectivity index is 1.96. The molecular weight excluding hydrogens is 376 g/mol. The first-order valence-corrected chi connectivity index (χ1v) is 9.59.